The van der Waals surface area contributed by atoms with Crippen molar-refractivity contribution in [1.29, 1.82) is 0 Å². The number of fused-ring (bicyclic) bond motifs is 5. The van der Waals surface area contributed by atoms with Gasteiger partial charge >= 0.3 is 0 Å². The summed E-state index contributed by atoms with van der Waals surface area (Å²) in [7, 11) is 0. The van der Waals surface area contributed by atoms with Crippen molar-refractivity contribution in [2.75, 3.05) is 0 Å². The van der Waals surface area contributed by atoms with Gasteiger partial charge in [-0.2, -0.15) is 0 Å². The van der Waals surface area contributed by atoms with Crippen LogP contribution in [0.5, 0.6) is 0 Å². The van der Waals surface area contributed by atoms with E-state index < -0.39 is 0 Å². The molecule has 50 heavy (non-hydrogen) atoms. The maximum atomic E-state index is 7.49. The molecular formula is C45H27N5. The molecule has 0 saturated heterocycles. The fourth-order valence-corrected chi connectivity index (χ4v) is 6.67. The average Bonchev–Trinajstić information content (AvgIpc) is 3.20. The van der Waals surface area contributed by atoms with Crippen LogP contribution in [0.4, 0.5) is 5.69 Å². The molecule has 0 unspecified atom stereocenters. The first kappa shape index (κ1) is 29.1. The van der Waals surface area contributed by atoms with Gasteiger partial charge < -0.3 is 0 Å². The summed E-state index contributed by atoms with van der Waals surface area (Å²) in [4.78, 5) is 24.0. The lowest BCUT2D eigenvalue weighted by Crippen LogP contribution is -2.00. The first-order valence-corrected chi connectivity index (χ1v) is 16.4. The highest BCUT2D eigenvalue weighted by Gasteiger charge is 2.18. The van der Waals surface area contributed by atoms with Crippen molar-refractivity contribution in [3.05, 3.63) is 175 Å². The number of hydrogen-bond acceptors (Lipinski definition) is 4. The van der Waals surface area contributed by atoms with E-state index in [0.717, 1.165) is 55.4 Å². The molecule has 0 bridgehead atoms. The van der Waals surface area contributed by atoms with Gasteiger partial charge in [0.15, 0.2) is 23.2 Å². The van der Waals surface area contributed by atoms with Crippen molar-refractivity contribution in [3.63, 3.8) is 0 Å². The molecule has 9 aromatic rings. The van der Waals surface area contributed by atoms with Crippen molar-refractivity contribution in [2.24, 2.45) is 0 Å². The standard InChI is InChI=1S/C45H27N5/c1-46-36-23-20-29(21-24-36)33-26-34(42-39-25-22-30-12-8-9-17-37(30)41(39)38-18-10-11-19-40(38)47-42)28-35(27-33)45-49-43(31-13-4-2-5-14-31)48-44(50-45)32-15-6-3-7-16-32/h2-28H. The summed E-state index contributed by atoms with van der Waals surface area (Å²) in [5.41, 5.74) is 7.97. The zero-order valence-electron chi connectivity index (χ0n) is 26.8. The molecule has 2 heterocycles. The summed E-state index contributed by atoms with van der Waals surface area (Å²) in [5, 5.41) is 5.73. The Morgan fingerprint density at radius 3 is 1.62 bits per heavy atom. The van der Waals surface area contributed by atoms with Gasteiger partial charge in [-0.25, -0.2) is 24.8 Å². The quantitative estimate of drug-likeness (QED) is 0.139. The molecule has 232 valence electrons. The Morgan fingerprint density at radius 1 is 0.380 bits per heavy atom. The maximum Gasteiger partial charge on any atom is 0.187 e. The Hall–Kier alpha value is -7.03. The SMILES string of the molecule is [C-]#[N+]c1ccc(-c2cc(-c3nc(-c4ccccc4)nc(-c4ccccc4)n3)cc(-c3nc4ccccc4c4c3ccc3ccccc34)c2)cc1. The van der Waals surface area contributed by atoms with Gasteiger partial charge in [-0.3, -0.25) is 0 Å². The van der Waals surface area contributed by atoms with Crippen LogP contribution in [0.2, 0.25) is 0 Å². The molecule has 2 aromatic heterocycles. The van der Waals surface area contributed by atoms with Gasteiger partial charge in [0.25, 0.3) is 0 Å². The van der Waals surface area contributed by atoms with Crippen LogP contribution in [0.1, 0.15) is 0 Å². The zero-order valence-corrected chi connectivity index (χ0v) is 26.8. The molecule has 0 N–H and O–H groups in total. The third kappa shape index (κ3) is 5.22. The Kier molecular flexibility index (Phi) is 7.11. The number of benzene rings is 7. The summed E-state index contributed by atoms with van der Waals surface area (Å²) in [5.74, 6) is 1.77. The average molecular weight is 638 g/mol. The van der Waals surface area contributed by atoms with Crippen molar-refractivity contribution < 1.29 is 0 Å². The van der Waals surface area contributed by atoms with Crippen LogP contribution in [-0.4, -0.2) is 19.9 Å². The van der Waals surface area contributed by atoms with E-state index in [-0.39, 0.29) is 0 Å². The lowest BCUT2D eigenvalue weighted by atomic mass is 9.92. The second-order valence-corrected chi connectivity index (χ2v) is 12.2. The predicted octanol–water partition coefficient (Wildman–Crippen LogP) is 11.6. The monoisotopic (exact) mass is 637 g/mol. The summed E-state index contributed by atoms with van der Waals surface area (Å²) >= 11 is 0. The van der Waals surface area contributed by atoms with Crippen LogP contribution < -0.4 is 0 Å². The molecular weight excluding hydrogens is 611 g/mol. The third-order valence-corrected chi connectivity index (χ3v) is 9.08. The molecule has 0 saturated carbocycles. The van der Waals surface area contributed by atoms with Crippen molar-refractivity contribution in [1.82, 2.24) is 19.9 Å². The van der Waals surface area contributed by atoms with E-state index in [2.05, 4.69) is 77.6 Å². The molecule has 0 spiro atoms. The van der Waals surface area contributed by atoms with E-state index in [9.17, 15) is 0 Å². The van der Waals surface area contributed by atoms with Crippen molar-refractivity contribution >= 4 is 38.1 Å². The molecule has 0 fully saturated rings. The summed E-state index contributed by atoms with van der Waals surface area (Å²) in [6.45, 7) is 7.49. The van der Waals surface area contributed by atoms with E-state index in [4.69, 9.17) is 26.5 Å². The topological polar surface area (TPSA) is 55.9 Å². The molecule has 0 amide bonds. The number of pyridine rings is 1. The molecule has 0 aliphatic rings. The number of rotatable bonds is 5. The lowest BCUT2D eigenvalue weighted by Gasteiger charge is -2.15. The van der Waals surface area contributed by atoms with Gasteiger partial charge in [0.2, 0.25) is 0 Å². The van der Waals surface area contributed by atoms with Gasteiger partial charge in [-0.15, -0.1) is 0 Å². The predicted molar refractivity (Wildman–Crippen MR) is 204 cm³/mol. The number of nitrogens with zero attached hydrogens (tertiary/aromatic N) is 5. The van der Waals surface area contributed by atoms with Crippen LogP contribution in [0, 0.1) is 6.57 Å². The van der Waals surface area contributed by atoms with Crippen LogP contribution in [0.25, 0.3) is 93.8 Å². The van der Waals surface area contributed by atoms with E-state index in [0.29, 0.717) is 23.2 Å². The highest BCUT2D eigenvalue weighted by molar-refractivity contribution is 6.22. The third-order valence-electron chi connectivity index (χ3n) is 9.08. The second kappa shape index (κ2) is 12.2. The first-order valence-electron chi connectivity index (χ1n) is 16.4. The fraction of sp³-hybridized carbons (Fsp3) is 0. The smallest absolute Gasteiger partial charge is 0.187 e. The Balaban J connectivity index is 1.34. The molecule has 0 aliphatic carbocycles. The number of aromatic nitrogens is 4. The molecule has 0 radical (unpaired) electrons. The summed E-state index contributed by atoms with van der Waals surface area (Å²) in [6, 6.07) is 55.4. The van der Waals surface area contributed by atoms with Crippen LogP contribution in [-0.2, 0) is 0 Å². The maximum absolute atomic E-state index is 7.49. The normalized spacial score (nSPS) is 11.2. The summed E-state index contributed by atoms with van der Waals surface area (Å²) in [6.07, 6.45) is 0. The Labute approximate surface area is 289 Å². The van der Waals surface area contributed by atoms with Crippen molar-refractivity contribution in [3.8, 4) is 56.5 Å². The molecule has 5 heteroatoms. The van der Waals surface area contributed by atoms with Crippen molar-refractivity contribution in [2.45, 2.75) is 0 Å². The molecule has 0 atom stereocenters. The van der Waals surface area contributed by atoms with Gasteiger partial charge in [-0.05, 0) is 46.2 Å². The minimum Gasteiger partial charge on any atom is -0.247 e. The molecule has 9 rings (SSSR count). The number of hydrogen-bond donors (Lipinski definition) is 0. The zero-order chi connectivity index (χ0) is 33.4. The highest BCUT2D eigenvalue weighted by Crippen LogP contribution is 2.40. The Bertz CT molecular complexity index is 2680. The largest absolute Gasteiger partial charge is 0.247 e. The van der Waals surface area contributed by atoms with Gasteiger partial charge in [0.05, 0.1) is 17.8 Å². The van der Waals surface area contributed by atoms with Crippen LogP contribution in [0.15, 0.2) is 164 Å². The minimum absolute atomic E-state index is 0.564. The highest BCUT2D eigenvalue weighted by atomic mass is 15.0. The fourth-order valence-electron chi connectivity index (χ4n) is 6.67. The van der Waals surface area contributed by atoms with E-state index in [1.807, 2.05) is 91.0 Å². The lowest BCUT2D eigenvalue weighted by molar-refractivity contribution is 1.07. The minimum atomic E-state index is 0.564. The molecule has 5 nitrogen and oxygen atoms in total. The van der Waals surface area contributed by atoms with E-state index >= 15 is 0 Å². The van der Waals surface area contributed by atoms with Crippen LogP contribution >= 0.6 is 0 Å². The van der Waals surface area contributed by atoms with Crippen LogP contribution in [0.3, 0.4) is 0 Å². The summed E-state index contributed by atoms with van der Waals surface area (Å²) < 4.78 is 0. The Morgan fingerprint density at radius 2 is 0.940 bits per heavy atom. The number of para-hydroxylation sites is 1. The van der Waals surface area contributed by atoms with Gasteiger partial charge in [-0.1, -0.05) is 140 Å². The van der Waals surface area contributed by atoms with Gasteiger partial charge in [0, 0.05) is 38.4 Å². The molecule has 0 aliphatic heterocycles. The molecule has 7 aromatic carbocycles. The van der Waals surface area contributed by atoms with E-state index in [1.54, 1.807) is 0 Å². The second-order valence-electron chi connectivity index (χ2n) is 12.2. The van der Waals surface area contributed by atoms with Gasteiger partial charge in [0.1, 0.15) is 0 Å². The van der Waals surface area contributed by atoms with E-state index in [1.165, 1.54) is 16.2 Å². The first-order chi connectivity index (χ1) is 24.7.